The van der Waals surface area contributed by atoms with Crippen molar-refractivity contribution in [3.63, 3.8) is 0 Å². The summed E-state index contributed by atoms with van der Waals surface area (Å²) in [6.45, 7) is 4.10. The van der Waals surface area contributed by atoms with Gasteiger partial charge in [-0.15, -0.1) is 0 Å². The number of hydrogen-bond donors (Lipinski definition) is 2. The highest BCUT2D eigenvalue weighted by Gasteiger charge is 2.24. The number of aromatic nitrogens is 4. The number of imidazole rings is 1. The highest BCUT2D eigenvalue weighted by Crippen LogP contribution is 2.21. The molecule has 8 heteroatoms. The van der Waals surface area contributed by atoms with Crippen molar-refractivity contribution in [1.82, 2.24) is 25.1 Å². The van der Waals surface area contributed by atoms with Crippen molar-refractivity contribution in [3.8, 4) is 0 Å². The summed E-state index contributed by atoms with van der Waals surface area (Å²) in [6, 6.07) is 1.60. The standard InChI is InChI=1S/C15H20N6O2/c1-10-6-16-14(19-10)15(23)17-7-11-3-4-21(9-11)12-5-13(22)20(2)18-8-12/h5-6,8,11H,3-4,7,9H2,1-2H3,(H,16,19)(H,17,23)/t11-/m1/s1. The summed E-state index contributed by atoms with van der Waals surface area (Å²) in [6.07, 6.45) is 4.30. The molecule has 2 aromatic heterocycles. The Hall–Kier alpha value is -2.64. The van der Waals surface area contributed by atoms with Gasteiger partial charge in [-0.25, -0.2) is 9.67 Å². The second kappa shape index (κ2) is 6.23. The van der Waals surface area contributed by atoms with Gasteiger partial charge in [0.05, 0.1) is 11.9 Å². The maximum Gasteiger partial charge on any atom is 0.287 e. The minimum Gasteiger partial charge on any atom is -0.370 e. The monoisotopic (exact) mass is 316 g/mol. The molecule has 0 aliphatic carbocycles. The fraction of sp³-hybridized carbons (Fsp3) is 0.467. The number of nitrogens with one attached hydrogen (secondary N) is 2. The molecule has 2 N–H and O–H groups in total. The first kappa shape index (κ1) is 15.3. The summed E-state index contributed by atoms with van der Waals surface area (Å²) >= 11 is 0. The molecule has 0 saturated carbocycles. The van der Waals surface area contributed by atoms with Crippen LogP contribution in [0.4, 0.5) is 5.69 Å². The van der Waals surface area contributed by atoms with Gasteiger partial charge >= 0.3 is 0 Å². The number of amides is 1. The van der Waals surface area contributed by atoms with Gasteiger partial charge in [-0.1, -0.05) is 0 Å². The number of anilines is 1. The van der Waals surface area contributed by atoms with Crippen LogP contribution in [0, 0.1) is 12.8 Å². The van der Waals surface area contributed by atoms with Crippen molar-refractivity contribution in [2.75, 3.05) is 24.5 Å². The van der Waals surface area contributed by atoms with Crippen molar-refractivity contribution in [2.45, 2.75) is 13.3 Å². The molecule has 2 aromatic rings. The fourth-order valence-corrected chi connectivity index (χ4v) is 2.72. The van der Waals surface area contributed by atoms with E-state index < -0.39 is 0 Å². The molecular weight excluding hydrogens is 296 g/mol. The minimum absolute atomic E-state index is 0.118. The highest BCUT2D eigenvalue weighted by molar-refractivity contribution is 5.90. The molecule has 1 aliphatic rings. The van der Waals surface area contributed by atoms with Crippen LogP contribution in [0.25, 0.3) is 0 Å². The number of carbonyl (C=O) groups excluding carboxylic acids is 1. The quantitative estimate of drug-likeness (QED) is 0.832. The first-order valence-corrected chi connectivity index (χ1v) is 7.61. The van der Waals surface area contributed by atoms with Crippen LogP contribution in [-0.4, -0.2) is 45.3 Å². The molecule has 1 atom stereocenters. The molecule has 1 saturated heterocycles. The van der Waals surface area contributed by atoms with E-state index in [1.54, 1.807) is 25.5 Å². The van der Waals surface area contributed by atoms with Crippen molar-refractivity contribution >= 4 is 11.6 Å². The van der Waals surface area contributed by atoms with Crippen molar-refractivity contribution in [2.24, 2.45) is 13.0 Å². The van der Waals surface area contributed by atoms with Gasteiger partial charge in [-0.2, -0.15) is 5.10 Å². The minimum atomic E-state index is -0.188. The average Bonchev–Trinajstić information content (AvgIpc) is 3.17. The highest BCUT2D eigenvalue weighted by atomic mass is 16.2. The lowest BCUT2D eigenvalue weighted by Gasteiger charge is -2.18. The molecule has 0 spiro atoms. The molecule has 0 unspecified atom stereocenters. The van der Waals surface area contributed by atoms with Crippen LogP contribution in [0.5, 0.6) is 0 Å². The molecule has 23 heavy (non-hydrogen) atoms. The van der Waals surface area contributed by atoms with Gasteiger partial charge in [-0.05, 0) is 19.3 Å². The predicted molar refractivity (Wildman–Crippen MR) is 85.5 cm³/mol. The molecule has 0 bridgehead atoms. The van der Waals surface area contributed by atoms with E-state index in [2.05, 4.69) is 25.3 Å². The number of rotatable bonds is 4. The molecule has 0 radical (unpaired) electrons. The largest absolute Gasteiger partial charge is 0.370 e. The first-order chi connectivity index (χ1) is 11.0. The van der Waals surface area contributed by atoms with E-state index in [4.69, 9.17) is 0 Å². The Morgan fingerprint density at radius 3 is 3.00 bits per heavy atom. The summed E-state index contributed by atoms with van der Waals surface area (Å²) in [5.74, 6) is 0.499. The lowest BCUT2D eigenvalue weighted by Crippen LogP contribution is -2.32. The normalized spacial score (nSPS) is 17.5. The van der Waals surface area contributed by atoms with Gasteiger partial charge in [-0.3, -0.25) is 9.59 Å². The molecule has 0 aromatic carbocycles. The second-order valence-electron chi connectivity index (χ2n) is 5.90. The molecular formula is C15H20N6O2. The number of carbonyl (C=O) groups is 1. The van der Waals surface area contributed by atoms with E-state index in [1.807, 2.05) is 6.92 Å². The summed E-state index contributed by atoms with van der Waals surface area (Å²) in [7, 11) is 1.63. The molecule has 3 heterocycles. The van der Waals surface area contributed by atoms with Gasteiger partial charge in [0.1, 0.15) is 0 Å². The third-order valence-corrected chi connectivity index (χ3v) is 4.07. The molecule has 3 rings (SSSR count). The van der Waals surface area contributed by atoms with E-state index in [-0.39, 0.29) is 11.5 Å². The first-order valence-electron chi connectivity index (χ1n) is 7.61. The number of nitrogens with zero attached hydrogens (tertiary/aromatic N) is 4. The van der Waals surface area contributed by atoms with Gasteiger partial charge in [0, 0.05) is 44.6 Å². The number of H-pyrrole nitrogens is 1. The maximum absolute atomic E-state index is 12.0. The lowest BCUT2D eigenvalue weighted by atomic mass is 10.1. The van der Waals surface area contributed by atoms with Crippen molar-refractivity contribution < 1.29 is 4.79 Å². The van der Waals surface area contributed by atoms with Crippen molar-refractivity contribution in [3.05, 3.63) is 40.3 Å². The summed E-state index contributed by atoms with van der Waals surface area (Å²) in [5.41, 5.74) is 1.58. The third kappa shape index (κ3) is 3.41. The van der Waals surface area contributed by atoms with Gasteiger partial charge < -0.3 is 15.2 Å². The predicted octanol–water partition coefficient (Wildman–Crippen LogP) is 0.0681. The Labute approximate surface area is 133 Å². The zero-order valence-corrected chi connectivity index (χ0v) is 13.2. The Morgan fingerprint density at radius 2 is 2.30 bits per heavy atom. The Balaban J connectivity index is 1.54. The van der Waals surface area contributed by atoms with E-state index >= 15 is 0 Å². The molecule has 8 nitrogen and oxygen atoms in total. The smallest absolute Gasteiger partial charge is 0.287 e. The zero-order valence-electron chi connectivity index (χ0n) is 13.2. The lowest BCUT2D eigenvalue weighted by molar-refractivity contribution is 0.0938. The Kier molecular flexibility index (Phi) is 4.14. The SMILES string of the molecule is Cc1cnc(C(=O)NC[C@H]2CCN(c3cnn(C)c(=O)c3)C2)[nH]1. The van der Waals surface area contributed by atoms with Gasteiger partial charge in [0.15, 0.2) is 5.82 Å². The number of aromatic amines is 1. The molecule has 1 aliphatic heterocycles. The maximum atomic E-state index is 12.0. The van der Waals surface area contributed by atoms with Crippen molar-refractivity contribution in [1.29, 1.82) is 0 Å². The molecule has 1 amide bonds. The van der Waals surface area contributed by atoms with Crippen LogP contribution in [0.3, 0.4) is 0 Å². The topological polar surface area (TPSA) is 95.9 Å². The van der Waals surface area contributed by atoms with Crippen LogP contribution < -0.4 is 15.8 Å². The van der Waals surface area contributed by atoms with Crippen LogP contribution in [0.2, 0.25) is 0 Å². The van der Waals surface area contributed by atoms with Gasteiger partial charge in [0.25, 0.3) is 11.5 Å². The van der Waals surface area contributed by atoms with Crippen LogP contribution in [-0.2, 0) is 7.05 Å². The number of aryl methyl sites for hydroxylation is 2. The summed E-state index contributed by atoms with van der Waals surface area (Å²) in [4.78, 5) is 32.7. The Morgan fingerprint density at radius 1 is 1.48 bits per heavy atom. The molecule has 1 fully saturated rings. The van der Waals surface area contributed by atoms with E-state index in [9.17, 15) is 9.59 Å². The Bertz CT molecular complexity index is 765. The van der Waals surface area contributed by atoms with Crippen LogP contribution in [0.15, 0.2) is 23.3 Å². The van der Waals surface area contributed by atoms with Crippen LogP contribution in [0.1, 0.15) is 22.7 Å². The summed E-state index contributed by atoms with van der Waals surface area (Å²) < 4.78 is 1.31. The average molecular weight is 316 g/mol. The molecule has 122 valence electrons. The number of hydrogen-bond acceptors (Lipinski definition) is 5. The third-order valence-electron chi connectivity index (χ3n) is 4.07. The second-order valence-corrected chi connectivity index (χ2v) is 5.90. The van der Waals surface area contributed by atoms with E-state index in [1.165, 1.54) is 4.68 Å². The van der Waals surface area contributed by atoms with Crippen LogP contribution >= 0.6 is 0 Å². The van der Waals surface area contributed by atoms with Gasteiger partial charge in [0.2, 0.25) is 0 Å². The summed E-state index contributed by atoms with van der Waals surface area (Å²) in [5, 5.41) is 6.95. The fourth-order valence-electron chi connectivity index (χ4n) is 2.72. The van der Waals surface area contributed by atoms with E-state index in [0.717, 1.165) is 30.9 Å². The van der Waals surface area contributed by atoms with E-state index in [0.29, 0.717) is 18.3 Å². The zero-order chi connectivity index (χ0) is 16.4.